The van der Waals surface area contributed by atoms with Crippen molar-refractivity contribution in [1.29, 1.82) is 0 Å². The number of likely N-dealkylation sites (tertiary alicyclic amines) is 1. The third-order valence-electron chi connectivity index (χ3n) is 4.50. The topological polar surface area (TPSA) is 20.3 Å². The summed E-state index contributed by atoms with van der Waals surface area (Å²) >= 11 is 0. The molecular weight excluding hydrogens is 234 g/mol. The van der Waals surface area contributed by atoms with E-state index >= 15 is 0 Å². The molecule has 0 bridgehead atoms. The molecule has 0 aromatic heterocycles. The van der Waals surface area contributed by atoms with Crippen molar-refractivity contribution in [1.82, 2.24) is 4.90 Å². The molecule has 1 aliphatic heterocycles. The SMILES string of the molecule is C[C@@H]1CN(C(C)(C)C)C(=O)[C@@]1(C)Cc1ccccc1. The highest BCUT2D eigenvalue weighted by Gasteiger charge is 2.50. The summed E-state index contributed by atoms with van der Waals surface area (Å²) in [7, 11) is 0. The van der Waals surface area contributed by atoms with Gasteiger partial charge in [-0.25, -0.2) is 0 Å². The van der Waals surface area contributed by atoms with Crippen LogP contribution >= 0.6 is 0 Å². The average Bonchev–Trinajstić information content (AvgIpc) is 2.55. The van der Waals surface area contributed by atoms with Gasteiger partial charge in [-0.1, -0.05) is 44.2 Å². The van der Waals surface area contributed by atoms with Gasteiger partial charge in [0.15, 0.2) is 0 Å². The van der Waals surface area contributed by atoms with E-state index in [-0.39, 0.29) is 11.0 Å². The molecule has 1 amide bonds. The molecule has 1 saturated heterocycles. The Labute approximate surface area is 116 Å². The normalized spacial score (nSPS) is 27.9. The van der Waals surface area contributed by atoms with Crippen LogP contribution in [0.3, 0.4) is 0 Å². The Morgan fingerprint density at radius 2 is 1.84 bits per heavy atom. The molecule has 0 aliphatic carbocycles. The lowest BCUT2D eigenvalue weighted by atomic mass is 9.75. The molecule has 0 N–H and O–H groups in total. The number of nitrogens with zero attached hydrogens (tertiary/aromatic N) is 1. The van der Waals surface area contributed by atoms with Crippen LogP contribution in [0.2, 0.25) is 0 Å². The van der Waals surface area contributed by atoms with Crippen LogP contribution in [0, 0.1) is 11.3 Å². The molecule has 2 nitrogen and oxygen atoms in total. The standard InChI is InChI=1S/C17H25NO/c1-13-12-18(16(2,3)4)15(19)17(13,5)11-14-9-7-6-8-10-14/h6-10,13H,11-12H2,1-5H3/t13-,17+/m1/s1. The summed E-state index contributed by atoms with van der Waals surface area (Å²) in [5, 5.41) is 0. The van der Waals surface area contributed by atoms with Gasteiger partial charge in [-0.3, -0.25) is 4.79 Å². The van der Waals surface area contributed by atoms with E-state index < -0.39 is 0 Å². The molecule has 1 fully saturated rings. The maximum atomic E-state index is 12.8. The highest BCUT2D eigenvalue weighted by molar-refractivity contribution is 5.86. The molecule has 0 saturated carbocycles. The molecule has 0 radical (unpaired) electrons. The monoisotopic (exact) mass is 259 g/mol. The van der Waals surface area contributed by atoms with Gasteiger partial charge in [0.25, 0.3) is 0 Å². The summed E-state index contributed by atoms with van der Waals surface area (Å²) in [5.41, 5.74) is 0.898. The summed E-state index contributed by atoms with van der Waals surface area (Å²) in [5.74, 6) is 0.691. The second-order valence-corrected chi connectivity index (χ2v) is 7.07. The van der Waals surface area contributed by atoms with Crippen molar-refractivity contribution in [3.63, 3.8) is 0 Å². The maximum absolute atomic E-state index is 12.8. The second kappa shape index (κ2) is 4.66. The highest BCUT2D eigenvalue weighted by atomic mass is 16.2. The highest BCUT2D eigenvalue weighted by Crippen LogP contribution is 2.42. The van der Waals surface area contributed by atoms with E-state index in [1.165, 1.54) is 5.56 Å². The fourth-order valence-corrected chi connectivity index (χ4v) is 2.93. The summed E-state index contributed by atoms with van der Waals surface area (Å²) in [6.07, 6.45) is 0.834. The summed E-state index contributed by atoms with van der Waals surface area (Å²) in [6, 6.07) is 10.3. The van der Waals surface area contributed by atoms with Crippen molar-refractivity contribution in [3.05, 3.63) is 35.9 Å². The van der Waals surface area contributed by atoms with E-state index in [1.54, 1.807) is 0 Å². The predicted molar refractivity (Wildman–Crippen MR) is 78.9 cm³/mol. The first-order valence-electron chi connectivity index (χ1n) is 7.11. The van der Waals surface area contributed by atoms with Crippen molar-refractivity contribution >= 4 is 5.91 Å². The van der Waals surface area contributed by atoms with E-state index in [4.69, 9.17) is 0 Å². The Kier molecular flexibility index (Phi) is 3.46. The van der Waals surface area contributed by atoms with Crippen LogP contribution in [0.15, 0.2) is 30.3 Å². The third kappa shape index (κ3) is 2.54. The molecule has 104 valence electrons. The Bertz CT molecular complexity index is 460. The van der Waals surface area contributed by atoms with Gasteiger partial charge < -0.3 is 4.90 Å². The quantitative estimate of drug-likeness (QED) is 0.796. The van der Waals surface area contributed by atoms with Crippen LogP contribution in [0.1, 0.15) is 40.2 Å². The van der Waals surface area contributed by atoms with Crippen molar-refractivity contribution in [2.24, 2.45) is 11.3 Å². The van der Waals surface area contributed by atoms with E-state index in [0.29, 0.717) is 11.8 Å². The first-order chi connectivity index (χ1) is 8.75. The smallest absolute Gasteiger partial charge is 0.229 e. The van der Waals surface area contributed by atoms with Crippen LogP contribution in [0.25, 0.3) is 0 Å². The number of hydrogen-bond acceptors (Lipinski definition) is 1. The molecule has 1 aromatic carbocycles. The molecule has 1 heterocycles. The minimum atomic E-state index is -0.269. The number of hydrogen-bond donors (Lipinski definition) is 0. The van der Waals surface area contributed by atoms with E-state index in [9.17, 15) is 4.79 Å². The van der Waals surface area contributed by atoms with Crippen molar-refractivity contribution in [2.75, 3.05) is 6.54 Å². The molecule has 2 atom stereocenters. The summed E-state index contributed by atoms with van der Waals surface area (Å²) < 4.78 is 0. The Balaban J connectivity index is 2.26. The second-order valence-electron chi connectivity index (χ2n) is 7.07. The fourth-order valence-electron chi connectivity index (χ4n) is 2.93. The zero-order valence-electron chi connectivity index (χ0n) is 12.7. The van der Waals surface area contributed by atoms with Gasteiger partial charge in [0.2, 0.25) is 5.91 Å². The summed E-state index contributed by atoms with van der Waals surface area (Å²) in [6.45, 7) is 11.5. The first kappa shape index (κ1) is 14.1. The lowest BCUT2D eigenvalue weighted by molar-refractivity contribution is -0.139. The van der Waals surface area contributed by atoms with E-state index in [2.05, 4.69) is 46.8 Å². The molecule has 2 heteroatoms. The number of carbonyl (C=O) groups excluding carboxylic acids is 1. The van der Waals surface area contributed by atoms with Gasteiger partial charge in [-0.05, 0) is 38.7 Å². The third-order valence-corrected chi connectivity index (χ3v) is 4.50. The number of rotatable bonds is 2. The van der Waals surface area contributed by atoms with Gasteiger partial charge in [0.05, 0.1) is 5.41 Å². The molecule has 19 heavy (non-hydrogen) atoms. The van der Waals surface area contributed by atoms with Crippen molar-refractivity contribution < 1.29 is 4.79 Å². The maximum Gasteiger partial charge on any atom is 0.229 e. The minimum absolute atomic E-state index is 0.0835. The van der Waals surface area contributed by atoms with Gasteiger partial charge in [0, 0.05) is 12.1 Å². The van der Waals surface area contributed by atoms with Gasteiger partial charge in [-0.15, -0.1) is 0 Å². The number of amides is 1. The van der Waals surface area contributed by atoms with Crippen molar-refractivity contribution in [3.8, 4) is 0 Å². The predicted octanol–water partition coefficient (Wildman–Crippen LogP) is 3.51. The van der Waals surface area contributed by atoms with Crippen LogP contribution in [0.4, 0.5) is 0 Å². The zero-order chi connectivity index (χ0) is 14.3. The Morgan fingerprint density at radius 3 is 2.32 bits per heavy atom. The lowest BCUT2D eigenvalue weighted by Crippen LogP contribution is -2.45. The molecule has 1 aliphatic rings. The largest absolute Gasteiger partial charge is 0.337 e. The van der Waals surface area contributed by atoms with Gasteiger partial charge >= 0.3 is 0 Å². The van der Waals surface area contributed by atoms with E-state index in [1.807, 2.05) is 23.1 Å². The molecular formula is C17H25NO. The molecule has 0 spiro atoms. The van der Waals surface area contributed by atoms with Crippen LogP contribution in [-0.4, -0.2) is 22.9 Å². The summed E-state index contributed by atoms with van der Waals surface area (Å²) in [4.78, 5) is 14.9. The Morgan fingerprint density at radius 1 is 1.26 bits per heavy atom. The molecule has 1 aromatic rings. The van der Waals surface area contributed by atoms with Crippen LogP contribution in [0.5, 0.6) is 0 Å². The van der Waals surface area contributed by atoms with Crippen molar-refractivity contribution in [2.45, 2.75) is 46.6 Å². The van der Waals surface area contributed by atoms with Crippen LogP contribution in [-0.2, 0) is 11.2 Å². The molecule has 2 rings (SSSR count). The van der Waals surface area contributed by atoms with Gasteiger partial charge in [0.1, 0.15) is 0 Å². The van der Waals surface area contributed by atoms with E-state index in [0.717, 1.165) is 13.0 Å². The first-order valence-corrected chi connectivity index (χ1v) is 7.11. The van der Waals surface area contributed by atoms with Crippen LogP contribution < -0.4 is 0 Å². The minimum Gasteiger partial charge on any atom is -0.337 e. The number of carbonyl (C=O) groups is 1. The van der Waals surface area contributed by atoms with Gasteiger partial charge in [-0.2, -0.15) is 0 Å². The Hall–Kier alpha value is -1.31. The zero-order valence-corrected chi connectivity index (χ0v) is 12.7. The lowest BCUT2D eigenvalue weighted by Gasteiger charge is -2.33. The average molecular weight is 259 g/mol. The fraction of sp³-hybridized carbons (Fsp3) is 0.588. The molecule has 0 unspecified atom stereocenters. The number of benzene rings is 1.